The van der Waals surface area contributed by atoms with E-state index in [9.17, 15) is 9.59 Å². The molecule has 1 aliphatic rings. The minimum Gasteiger partial charge on any atom is -0.378 e. The summed E-state index contributed by atoms with van der Waals surface area (Å²) in [5.41, 5.74) is 0. The van der Waals surface area contributed by atoms with E-state index in [4.69, 9.17) is 5.11 Å². The van der Waals surface area contributed by atoms with Crippen molar-refractivity contribution in [2.75, 3.05) is 0 Å². The Morgan fingerprint density at radius 1 is 1.56 bits per heavy atom. The summed E-state index contributed by atoms with van der Waals surface area (Å²) in [4.78, 5) is 21.2. The molecule has 50 valence electrons. The van der Waals surface area contributed by atoms with Crippen LogP contribution in [0.1, 0.15) is 13.3 Å². The molecule has 0 amide bonds. The molecule has 1 rings (SSSR count). The fraction of sp³-hybridized carbons (Fsp3) is 0.667. The van der Waals surface area contributed by atoms with Gasteiger partial charge in [-0.15, -0.1) is 0 Å². The molecule has 3 nitrogen and oxygen atoms in total. The standard InChI is InChI=1S/C6H8O3/c1-3-2-4(7)6(9)5(3)8/h3,6,9H,2H2,1H3/t3?,6-/m1/s1. The summed E-state index contributed by atoms with van der Waals surface area (Å²) >= 11 is 0. The number of aliphatic hydroxyl groups excluding tert-OH is 1. The van der Waals surface area contributed by atoms with Crippen molar-refractivity contribution in [2.24, 2.45) is 5.92 Å². The Labute approximate surface area is 52.7 Å². The van der Waals surface area contributed by atoms with E-state index in [1.54, 1.807) is 6.92 Å². The number of carbonyl (C=O) groups is 2. The average molecular weight is 128 g/mol. The van der Waals surface area contributed by atoms with Crippen LogP contribution in [0.5, 0.6) is 0 Å². The summed E-state index contributed by atoms with van der Waals surface area (Å²) in [6.45, 7) is 1.65. The van der Waals surface area contributed by atoms with Crippen LogP contribution in [0.25, 0.3) is 0 Å². The third kappa shape index (κ3) is 0.876. The van der Waals surface area contributed by atoms with Crippen LogP contribution < -0.4 is 0 Å². The number of carbonyl (C=O) groups excluding carboxylic acids is 2. The molecule has 1 aliphatic carbocycles. The number of Topliss-reactive ketones (excluding diaryl/α,β-unsaturated/α-hetero) is 2. The van der Waals surface area contributed by atoms with Crippen LogP contribution in [0, 0.1) is 5.92 Å². The van der Waals surface area contributed by atoms with Crippen LogP contribution in [-0.4, -0.2) is 22.8 Å². The van der Waals surface area contributed by atoms with Gasteiger partial charge in [-0.1, -0.05) is 6.92 Å². The Morgan fingerprint density at radius 2 is 2.11 bits per heavy atom. The molecule has 1 unspecified atom stereocenters. The van der Waals surface area contributed by atoms with E-state index in [1.807, 2.05) is 0 Å². The van der Waals surface area contributed by atoms with Crippen LogP contribution >= 0.6 is 0 Å². The number of hydrogen-bond acceptors (Lipinski definition) is 3. The fourth-order valence-electron chi connectivity index (χ4n) is 0.942. The highest BCUT2D eigenvalue weighted by molar-refractivity contribution is 6.12. The molecule has 1 saturated carbocycles. The predicted octanol–water partition coefficient (Wildman–Crippen LogP) is -0.475. The number of ketones is 2. The summed E-state index contributed by atoms with van der Waals surface area (Å²) < 4.78 is 0. The summed E-state index contributed by atoms with van der Waals surface area (Å²) in [7, 11) is 0. The van der Waals surface area contributed by atoms with Gasteiger partial charge in [0.1, 0.15) is 0 Å². The minimum atomic E-state index is -1.32. The van der Waals surface area contributed by atoms with Crippen LogP contribution in [-0.2, 0) is 9.59 Å². The van der Waals surface area contributed by atoms with Crippen molar-refractivity contribution >= 4 is 11.6 Å². The van der Waals surface area contributed by atoms with Gasteiger partial charge in [0.25, 0.3) is 0 Å². The zero-order chi connectivity index (χ0) is 7.02. The van der Waals surface area contributed by atoms with Crippen LogP contribution in [0.15, 0.2) is 0 Å². The number of hydrogen-bond donors (Lipinski definition) is 1. The first-order chi connectivity index (χ1) is 4.13. The van der Waals surface area contributed by atoms with Crippen molar-refractivity contribution < 1.29 is 14.7 Å². The summed E-state index contributed by atoms with van der Waals surface area (Å²) in [5.74, 6) is -0.944. The molecule has 1 N–H and O–H groups in total. The number of aliphatic hydroxyl groups is 1. The molecule has 0 aromatic carbocycles. The van der Waals surface area contributed by atoms with Gasteiger partial charge >= 0.3 is 0 Å². The predicted molar refractivity (Wildman–Crippen MR) is 29.8 cm³/mol. The summed E-state index contributed by atoms with van der Waals surface area (Å²) in [5, 5.41) is 8.74. The molecule has 0 bridgehead atoms. The van der Waals surface area contributed by atoms with E-state index >= 15 is 0 Å². The average Bonchev–Trinajstić information content (AvgIpc) is 1.98. The lowest BCUT2D eigenvalue weighted by molar-refractivity contribution is -0.133. The van der Waals surface area contributed by atoms with Crippen LogP contribution in [0.2, 0.25) is 0 Å². The second kappa shape index (κ2) is 1.92. The van der Waals surface area contributed by atoms with E-state index in [2.05, 4.69) is 0 Å². The first kappa shape index (κ1) is 6.42. The van der Waals surface area contributed by atoms with Crippen LogP contribution in [0.4, 0.5) is 0 Å². The van der Waals surface area contributed by atoms with Crippen molar-refractivity contribution in [3.63, 3.8) is 0 Å². The lowest BCUT2D eigenvalue weighted by Gasteiger charge is -1.94. The van der Waals surface area contributed by atoms with E-state index in [1.165, 1.54) is 0 Å². The van der Waals surface area contributed by atoms with Gasteiger partial charge in [0.15, 0.2) is 17.7 Å². The van der Waals surface area contributed by atoms with E-state index < -0.39 is 6.10 Å². The van der Waals surface area contributed by atoms with Gasteiger partial charge in [-0.2, -0.15) is 0 Å². The first-order valence-corrected chi connectivity index (χ1v) is 2.87. The minimum absolute atomic E-state index is 0.208. The topological polar surface area (TPSA) is 54.4 Å². The van der Waals surface area contributed by atoms with Crippen molar-refractivity contribution in [1.29, 1.82) is 0 Å². The molecule has 0 spiro atoms. The maximum atomic E-state index is 10.6. The molecule has 9 heavy (non-hydrogen) atoms. The molecule has 0 aromatic heterocycles. The Morgan fingerprint density at radius 3 is 2.22 bits per heavy atom. The van der Waals surface area contributed by atoms with Gasteiger partial charge in [0.05, 0.1) is 0 Å². The summed E-state index contributed by atoms with van der Waals surface area (Å²) in [6, 6.07) is 0. The Kier molecular flexibility index (Phi) is 1.37. The largest absolute Gasteiger partial charge is 0.378 e. The molecule has 2 atom stereocenters. The maximum Gasteiger partial charge on any atom is 0.172 e. The van der Waals surface area contributed by atoms with E-state index in [0.29, 0.717) is 0 Å². The molecule has 1 fully saturated rings. The normalized spacial score (nSPS) is 35.8. The van der Waals surface area contributed by atoms with Gasteiger partial charge in [-0.25, -0.2) is 0 Å². The Balaban J connectivity index is 2.77. The van der Waals surface area contributed by atoms with Gasteiger partial charge in [0.2, 0.25) is 0 Å². The van der Waals surface area contributed by atoms with Crippen molar-refractivity contribution in [2.45, 2.75) is 19.4 Å². The highest BCUT2D eigenvalue weighted by Gasteiger charge is 2.36. The molecular formula is C6H8O3. The van der Waals surface area contributed by atoms with Crippen molar-refractivity contribution in [1.82, 2.24) is 0 Å². The molecule has 3 heteroatoms. The maximum absolute atomic E-state index is 10.6. The molecule has 0 saturated heterocycles. The van der Waals surface area contributed by atoms with Gasteiger partial charge < -0.3 is 5.11 Å². The van der Waals surface area contributed by atoms with Gasteiger partial charge in [-0.3, -0.25) is 9.59 Å². The monoisotopic (exact) mass is 128 g/mol. The Bertz CT molecular complexity index is 162. The SMILES string of the molecule is CC1CC(=O)[C@@H](O)C1=O. The first-order valence-electron chi connectivity index (χ1n) is 2.87. The van der Waals surface area contributed by atoms with E-state index in [0.717, 1.165) is 0 Å². The second-order valence-electron chi connectivity index (χ2n) is 2.38. The zero-order valence-electron chi connectivity index (χ0n) is 5.13. The fourth-order valence-corrected chi connectivity index (χ4v) is 0.942. The van der Waals surface area contributed by atoms with E-state index in [-0.39, 0.29) is 23.9 Å². The highest BCUT2D eigenvalue weighted by Crippen LogP contribution is 2.17. The quantitative estimate of drug-likeness (QED) is 0.448. The smallest absolute Gasteiger partial charge is 0.172 e. The number of rotatable bonds is 0. The van der Waals surface area contributed by atoms with Crippen molar-refractivity contribution in [3.8, 4) is 0 Å². The molecule has 0 aromatic rings. The zero-order valence-corrected chi connectivity index (χ0v) is 5.13. The van der Waals surface area contributed by atoms with Gasteiger partial charge in [-0.05, 0) is 0 Å². The van der Waals surface area contributed by atoms with Crippen molar-refractivity contribution in [3.05, 3.63) is 0 Å². The molecule has 0 aliphatic heterocycles. The molecule has 0 radical (unpaired) electrons. The molecule has 0 heterocycles. The summed E-state index contributed by atoms with van der Waals surface area (Å²) in [6.07, 6.45) is -1.11. The third-order valence-corrected chi connectivity index (χ3v) is 1.57. The lowest BCUT2D eigenvalue weighted by Crippen LogP contribution is -2.21. The second-order valence-corrected chi connectivity index (χ2v) is 2.38. The van der Waals surface area contributed by atoms with Crippen LogP contribution in [0.3, 0.4) is 0 Å². The Hall–Kier alpha value is -0.700. The molecular weight excluding hydrogens is 120 g/mol. The third-order valence-electron chi connectivity index (χ3n) is 1.57. The van der Waals surface area contributed by atoms with Gasteiger partial charge in [0, 0.05) is 12.3 Å². The highest BCUT2D eigenvalue weighted by atomic mass is 16.3. The lowest BCUT2D eigenvalue weighted by atomic mass is 10.1.